The number of carbonyl (C=O) groups is 1. The van der Waals surface area contributed by atoms with Gasteiger partial charge in [0, 0.05) is 6.54 Å². The van der Waals surface area contributed by atoms with E-state index in [-0.39, 0.29) is 17.9 Å². The number of nitriles is 1. The summed E-state index contributed by atoms with van der Waals surface area (Å²) in [6, 6.07) is 3.55. The van der Waals surface area contributed by atoms with E-state index in [1.807, 2.05) is 0 Å². The number of esters is 1. The molecule has 0 aliphatic carbocycles. The number of rotatable bonds is 3. The Hall–Kier alpha value is -2.16. The monoisotopic (exact) mass is 294 g/mol. The molecule has 1 aromatic carbocycles. The van der Waals surface area contributed by atoms with Gasteiger partial charge >= 0.3 is 5.97 Å². The summed E-state index contributed by atoms with van der Waals surface area (Å²) in [5, 5.41) is 8.71. The van der Waals surface area contributed by atoms with E-state index in [1.165, 1.54) is 17.0 Å². The van der Waals surface area contributed by atoms with E-state index in [1.54, 1.807) is 13.0 Å². The summed E-state index contributed by atoms with van der Waals surface area (Å²) in [6.07, 6.45) is 2.16. The van der Waals surface area contributed by atoms with Crippen molar-refractivity contribution in [3.63, 3.8) is 0 Å². The maximum absolute atomic E-state index is 14.1. The molecule has 21 heavy (non-hydrogen) atoms. The molecule has 0 amide bonds. The van der Waals surface area contributed by atoms with E-state index >= 15 is 0 Å². The minimum absolute atomic E-state index is 0.00394. The number of hydrogen-bond donors (Lipinski definition) is 0. The molecule has 2 rings (SSSR count). The van der Waals surface area contributed by atoms with E-state index in [4.69, 9.17) is 10.00 Å². The highest BCUT2D eigenvalue weighted by atomic mass is 19.2. The molecule has 1 aliphatic rings. The summed E-state index contributed by atoms with van der Waals surface area (Å²) in [7, 11) is 0. The maximum atomic E-state index is 14.1. The molecular formula is C15H16F2N2O2. The molecule has 1 fully saturated rings. The van der Waals surface area contributed by atoms with Gasteiger partial charge in [-0.3, -0.25) is 0 Å². The number of anilines is 1. The Morgan fingerprint density at radius 2 is 2.19 bits per heavy atom. The van der Waals surface area contributed by atoms with Crippen LogP contribution in [-0.2, 0) is 9.53 Å². The lowest BCUT2D eigenvalue weighted by Crippen LogP contribution is -2.46. The van der Waals surface area contributed by atoms with Gasteiger partial charge in [-0.25, -0.2) is 13.6 Å². The zero-order valence-corrected chi connectivity index (χ0v) is 11.7. The standard InChI is InChI=1S/C15H16F2N2O2/c1-2-21-15(20)12-5-3-4-8-19(12)11-7-6-10(9-18)13(16)14(11)17/h6-7,12H,2-5,8H2,1H3. The minimum Gasteiger partial charge on any atom is -0.464 e. The van der Waals surface area contributed by atoms with Crippen molar-refractivity contribution in [2.24, 2.45) is 0 Å². The van der Waals surface area contributed by atoms with E-state index in [0.29, 0.717) is 13.0 Å². The summed E-state index contributed by atoms with van der Waals surface area (Å²) in [5.41, 5.74) is -0.342. The normalized spacial score (nSPS) is 18.2. The molecule has 1 saturated heterocycles. The molecule has 6 heteroatoms. The van der Waals surface area contributed by atoms with Gasteiger partial charge in [0.15, 0.2) is 11.6 Å². The molecule has 1 unspecified atom stereocenters. The number of ether oxygens (including phenoxy) is 1. The number of halogens is 2. The molecule has 1 atom stereocenters. The minimum atomic E-state index is -1.18. The molecule has 0 spiro atoms. The van der Waals surface area contributed by atoms with Crippen LogP contribution in [0.2, 0.25) is 0 Å². The van der Waals surface area contributed by atoms with Crippen molar-refractivity contribution in [3.8, 4) is 6.07 Å². The van der Waals surface area contributed by atoms with Gasteiger partial charge in [-0.05, 0) is 38.3 Å². The van der Waals surface area contributed by atoms with Crippen LogP contribution in [0.25, 0.3) is 0 Å². The number of carbonyl (C=O) groups excluding carboxylic acids is 1. The SMILES string of the molecule is CCOC(=O)C1CCCCN1c1ccc(C#N)c(F)c1F. The molecule has 1 heterocycles. The van der Waals surface area contributed by atoms with E-state index in [0.717, 1.165) is 12.8 Å². The zero-order valence-electron chi connectivity index (χ0n) is 11.7. The Morgan fingerprint density at radius 1 is 1.43 bits per heavy atom. The molecule has 0 saturated carbocycles. The summed E-state index contributed by atoms with van der Waals surface area (Å²) >= 11 is 0. The highest BCUT2D eigenvalue weighted by Crippen LogP contribution is 2.30. The van der Waals surface area contributed by atoms with Crippen LogP contribution in [0.3, 0.4) is 0 Å². The van der Waals surface area contributed by atoms with Crippen LogP contribution in [0.4, 0.5) is 14.5 Å². The third-order valence-electron chi connectivity index (χ3n) is 3.55. The lowest BCUT2D eigenvalue weighted by Gasteiger charge is -2.36. The van der Waals surface area contributed by atoms with Crippen molar-refractivity contribution in [3.05, 3.63) is 29.3 Å². The van der Waals surface area contributed by atoms with Crippen LogP contribution >= 0.6 is 0 Å². The molecule has 0 N–H and O–H groups in total. The second-order valence-corrected chi connectivity index (χ2v) is 4.83. The van der Waals surface area contributed by atoms with Gasteiger partial charge in [0.05, 0.1) is 17.9 Å². The summed E-state index contributed by atoms with van der Waals surface area (Å²) in [6.45, 7) is 2.39. The summed E-state index contributed by atoms with van der Waals surface area (Å²) in [5.74, 6) is -2.70. The lowest BCUT2D eigenvalue weighted by molar-refractivity contribution is -0.145. The van der Waals surface area contributed by atoms with Crippen LogP contribution in [0.15, 0.2) is 12.1 Å². The molecular weight excluding hydrogens is 278 g/mol. The number of benzene rings is 1. The van der Waals surface area contributed by atoms with Crippen LogP contribution in [0.1, 0.15) is 31.7 Å². The van der Waals surface area contributed by atoms with Gasteiger partial charge in [0.2, 0.25) is 0 Å². The van der Waals surface area contributed by atoms with Gasteiger partial charge in [-0.1, -0.05) is 0 Å². The third kappa shape index (κ3) is 2.97. The molecule has 112 valence electrons. The van der Waals surface area contributed by atoms with Gasteiger partial charge < -0.3 is 9.64 Å². The molecule has 1 aromatic rings. The number of nitrogens with zero attached hydrogens (tertiary/aromatic N) is 2. The smallest absolute Gasteiger partial charge is 0.328 e. The first-order valence-corrected chi connectivity index (χ1v) is 6.91. The fraction of sp³-hybridized carbons (Fsp3) is 0.467. The molecule has 1 aliphatic heterocycles. The maximum Gasteiger partial charge on any atom is 0.328 e. The quantitative estimate of drug-likeness (QED) is 0.804. The Balaban J connectivity index is 2.36. The van der Waals surface area contributed by atoms with Crippen molar-refractivity contribution < 1.29 is 18.3 Å². The van der Waals surface area contributed by atoms with Crippen LogP contribution in [-0.4, -0.2) is 25.2 Å². The van der Waals surface area contributed by atoms with E-state index in [9.17, 15) is 13.6 Å². The van der Waals surface area contributed by atoms with E-state index < -0.39 is 23.6 Å². The highest BCUT2D eigenvalue weighted by molar-refractivity contribution is 5.80. The number of hydrogen-bond acceptors (Lipinski definition) is 4. The Kier molecular flexibility index (Phi) is 4.73. The molecule has 0 aromatic heterocycles. The van der Waals surface area contributed by atoms with E-state index in [2.05, 4.69) is 0 Å². The van der Waals surface area contributed by atoms with Crippen molar-refractivity contribution in [1.82, 2.24) is 0 Å². The van der Waals surface area contributed by atoms with Crippen LogP contribution in [0, 0.1) is 23.0 Å². The first-order chi connectivity index (χ1) is 10.1. The Labute approximate surface area is 121 Å². The second-order valence-electron chi connectivity index (χ2n) is 4.83. The van der Waals surface area contributed by atoms with Gasteiger partial charge in [-0.15, -0.1) is 0 Å². The largest absolute Gasteiger partial charge is 0.464 e. The summed E-state index contributed by atoms with van der Waals surface area (Å²) < 4.78 is 32.9. The topological polar surface area (TPSA) is 53.3 Å². The van der Waals surface area contributed by atoms with Crippen molar-refractivity contribution in [2.75, 3.05) is 18.1 Å². The second kappa shape index (κ2) is 6.53. The van der Waals surface area contributed by atoms with Gasteiger partial charge in [0.25, 0.3) is 0 Å². The predicted octanol–water partition coefficient (Wildman–Crippen LogP) is 2.76. The van der Waals surface area contributed by atoms with Gasteiger partial charge in [-0.2, -0.15) is 5.26 Å². The Bertz CT molecular complexity index is 584. The molecule has 0 bridgehead atoms. The zero-order chi connectivity index (χ0) is 15.4. The average molecular weight is 294 g/mol. The van der Waals surface area contributed by atoms with Crippen molar-refractivity contribution in [1.29, 1.82) is 5.26 Å². The van der Waals surface area contributed by atoms with Crippen LogP contribution in [0.5, 0.6) is 0 Å². The van der Waals surface area contributed by atoms with Gasteiger partial charge in [0.1, 0.15) is 12.1 Å². The van der Waals surface area contributed by atoms with Crippen molar-refractivity contribution >= 4 is 11.7 Å². The Morgan fingerprint density at radius 3 is 2.86 bits per heavy atom. The molecule has 0 radical (unpaired) electrons. The summed E-state index contributed by atoms with van der Waals surface area (Å²) in [4.78, 5) is 13.5. The molecule has 4 nitrogen and oxygen atoms in total. The lowest BCUT2D eigenvalue weighted by atomic mass is 10.0. The third-order valence-corrected chi connectivity index (χ3v) is 3.55. The first-order valence-electron chi connectivity index (χ1n) is 6.91. The highest BCUT2D eigenvalue weighted by Gasteiger charge is 2.32. The van der Waals surface area contributed by atoms with Crippen LogP contribution < -0.4 is 4.90 Å². The van der Waals surface area contributed by atoms with Crippen molar-refractivity contribution in [2.45, 2.75) is 32.2 Å². The first kappa shape index (κ1) is 15.2. The predicted molar refractivity (Wildman–Crippen MR) is 72.7 cm³/mol. The fourth-order valence-electron chi connectivity index (χ4n) is 2.55. The number of piperidine rings is 1. The average Bonchev–Trinajstić information content (AvgIpc) is 2.50. The fourth-order valence-corrected chi connectivity index (χ4v) is 2.55.